The van der Waals surface area contributed by atoms with Crippen LogP contribution in [0.3, 0.4) is 0 Å². The minimum absolute atomic E-state index is 0.102. The summed E-state index contributed by atoms with van der Waals surface area (Å²) in [5, 5.41) is 10.8. The number of nitriles is 1. The molecule has 3 N–H and O–H groups in total. The van der Waals surface area contributed by atoms with E-state index in [0.717, 1.165) is 29.6 Å². The van der Waals surface area contributed by atoms with Crippen LogP contribution in [0.15, 0.2) is 36.8 Å². The summed E-state index contributed by atoms with van der Waals surface area (Å²) in [5.41, 5.74) is 8.74. The number of ether oxygens (including phenoxy) is 3. The van der Waals surface area contributed by atoms with Crippen LogP contribution in [0, 0.1) is 18.8 Å². The van der Waals surface area contributed by atoms with Crippen molar-refractivity contribution in [1.82, 2.24) is 19.6 Å². The Morgan fingerprint density at radius 1 is 0.860 bits per heavy atom. The van der Waals surface area contributed by atoms with Gasteiger partial charge in [0.05, 0.1) is 25.9 Å². The van der Waals surface area contributed by atoms with Crippen molar-refractivity contribution in [3.63, 3.8) is 0 Å². The van der Waals surface area contributed by atoms with Crippen LogP contribution in [0.1, 0.15) is 115 Å². The molecule has 0 aromatic carbocycles. The lowest BCUT2D eigenvalue weighted by molar-refractivity contribution is 0.0119. The van der Waals surface area contributed by atoms with Crippen molar-refractivity contribution in [1.29, 1.82) is 5.26 Å². The Bertz CT molecular complexity index is 1250. The lowest BCUT2D eigenvalue weighted by Crippen LogP contribution is -2.29. The fourth-order valence-corrected chi connectivity index (χ4v) is 5.84. The molecule has 282 valence electrons. The zero-order valence-corrected chi connectivity index (χ0v) is 32.1. The second-order valence-electron chi connectivity index (χ2n) is 11.9. The summed E-state index contributed by atoms with van der Waals surface area (Å²) < 4.78 is 30.6. The summed E-state index contributed by atoms with van der Waals surface area (Å²) in [7, 11) is -0.513. The molecule has 3 unspecified atom stereocenters. The maximum Gasteiger partial charge on any atom is 0.330 e. The summed E-state index contributed by atoms with van der Waals surface area (Å²) in [5.74, 6) is 0.923. The highest BCUT2D eigenvalue weighted by molar-refractivity contribution is 7.40. The molecule has 0 saturated heterocycles. The normalized spacial score (nSPS) is 12.7. The van der Waals surface area contributed by atoms with Crippen molar-refractivity contribution < 1.29 is 28.2 Å². The van der Waals surface area contributed by atoms with Crippen LogP contribution >= 0.6 is 8.60 Å². The molecule has 3 heterocycles. The monoisotopic (exact) mass is 718 g/mol. The Morgan fingerprint density at radius 2 is 1.48 bits per heavy atom. The zero-order chi connectivity index (χ0) is 36.8. The van der Waals surface area contributed by atoms with Crippen LogP contribution in [0.4, 0.5) is 5.82 Å². The van der Waals surface area contributed by atoms with E-state index in [4.69, 9.17) is 34.3 Å². The molecule has 0 aliphatic rings. The number of anilines is 1. The minimum atomic E-state index is -2.14. The Balaban J connectivity index is 0.00000301. The number of nitrogens with zero attached hydrogens (tertiary/aromatic N) is 5. The van der Waals surface area contributed by atoms with Crippen molar-refractivity contribution in [2.75, 3.05) is 39.3 Å². The van der Waals surface area contributed by atoms with Crippen LogP contribution in [-0.4, -0.2) is 70.2 Å². The van der Waals surface area contributed by atoms with E-state index in [1.54, 1.807) is 17.8 Å². The van der Waals surface area contributed by atoms with Gasteiger partial charge >= 0.3 is 8.60 Å². The van der Waals surface area contributed by atoms with E-state index in [1.165, 1.54) is 70.5 Å². The average Bonchev–Trinajstić information content (AvgIpc) is 3.57. The van der Waals surface area contributed by atoms with E-state index in [-0.39, 0.29) is 19.3 Å². The van der Waals surface area contributed by atoms with Crippen molar-refractivity contribution in [2.24, 2.45) is 0 Å². The molecule has 0 spiro atoms. The molecular formula is C37H63N6O6P. The van der Waals surface area contributed by atoms with E-state index < -0.39 is 14.7 Å². The molecule has 3 aromatic rings. The Kier molecular flexibility index (Phi) is 26.9. The SMILES string of the molecule is C#N.CC.CCCCCCCCCCCCCCOCC(COP(O)OCC(CCc1ccc2c(N)ncnn12)OC)Oc1ccc(C)cn1. The van der Waals surface area contributed by atoms with E-state index >= 15 is 0 Å². The first-order valence-electron chi connectivity index (χ1n) is 18.3. The molecule has 0 amide bonds. The number of hydrogen-bond acceptors (Lipinski definition) is 11. The molecule has 3 aromatic heterocycles. The number of fused-ring (bicyclic) bond motifs is 1. The van der Waals surface area contributed by atoms with Crippen molar-refractivity contribution in [2.45, 2.75) is 130 Å². The number of nitrogen functional groups attached to an aromatic ring is 1. The average molecular weight is 719 g/mol. The molecule has 0 fully saturated rings. The van der Waals surface area contributed by atoms with E-state index in [9.17, 15) is 4.89 Å². The van der Waals surface area contributed by atoms with Gasteiger partial charge in [-0.25, -0.2) is 19.7 Å². The van der Waals surface area contributed by atoms with Gasteiger partial charge in [0.15, 0.2) is 5.82 Å². The molecule has 0 saturated carbocycles. The van der Waals surface area contributed by atoms with Gasteiger partial charge in [0.25, 0.3) is 0 Å². The zero-order valence-electron chi connectivity index (χ0n) is 31.2. The van der Waals surface area contributed by atoms with Crippen molar-refractivity contribution in [3.05, 3.63) is 48.0 Å². The van der Waals surface area contributed by atoms with Gasteiger partial charge in [-0.05, 0) is 43.9 Å². The largest absolute Gasteiger partial charge is 0.469 e. The third-order valence-electron chi connectivity index (χ3n) is 7.98. The smallest absolute Gasteiger partial charge is 0.330 e. The highest BCUT2D eigenvalue weighted by Gasteiger charge is 2.19. The first kappa shape index (κ1) is 45.1. The molecule has 0 radical (unpaired) electrons. The maximum absolute atomic E-state index is 10.5. The Morgan fingerprint density at radius 3 is 2.08 bits per heavy atom. The second kappa shape index (κ2) is 29.8. The van der Waals surface area contributed by atoms with Crippen LogP contribution < -0.4 is 10.5 Å². The predicted molar refractivity (Wildman–Crippen MR) is 201 cm³/mol. The molecule has 3 atom stereocenters. The van der Waals surface area contributed by atoms with Crippen LogP contribution in [0.2, 0.25) is 0 Å². The second-order valence-corrected chi connectivity index (χ2v) is 12.9. The first-order chi connectivity index (χ1) is 24.5. The third-order valence-corrected chi connectivity index (χ3v) is 8.72. The summed E-state index contributed by atoms with van der Waals surface area (Å²) in [4.78, 5) is 18.9. The maximum atomic E-state index is 10.5. The topological polar surface area (TPSA) is 159 Å². The quantitative estimate of drug-likeness (QED) is 0.0574. The third kappa shape index (κ3) is 19.5. The first-order valence-corrected chi connectivity index (χ1v) is 19.4. The highest BCUT2D eigenvalue weighted by atomic mass is 31.2. The number of aromatic nitrogens is 4. The summed E-state index contributed by atoms with van der Waals surface area (Å²) >= 11 is 0. The van der Waals surface area contributed by atoms with Gasteiger partial charge in [-0.1, -0.05) is 97.5 Å². The number of pyridine rings is 1. The molecule has 3 rings (SSSR count). The van der Waals surface area contributed by atoms with E-state index in [2.05, 4.69) is 28.6 Å². The number of methoxy groups -OCH3 is 1. The van der Waals surface area contributed by atoms with Gasteiger partial charge in [0.2, 0.25) is 5.88 Å². The van der Waals surface area contributed by atoms with Crippen LogP contribution in [0.25, 0.3) is 5.52 Å². The molecule has 13 heteroatoms. The number of rotatable bonds is 27. The van der Waals surface area contributed by atoms with Gasteiger partial charge in [-0.15, -0.1) is 0 Å². The van der Waals surface area contributed by atoms with Crippen molar-refractivity contribution >= 4 is 19.9 Å². The van der Waals surface area contributed by atoms with Crippen LogP contribution in [0.5, 0.6) is 5.88 Å². The number of hydrogen-bond donors (Lipinski definition) is 2. The summed E-state index contributed by atoms with van der Waals surface area (Å²) in [6.45, 7) is 13.0. The van der Waals surface area contributed by atoms with Crippen LogP contribution in [-0.2, 0) is 24.9 Å². The van der Waals surface area contributed by atoms with Gasteiger partial charge in [-0.3, -0.25) is 0 Å². The highest BCUT2D eigenvalue weighted by Crippen LogP contribution is 2.33. The van der Waals surface area contributed by atoms with Gasteiger partial charge < -0.3 is 33.9 Å². The van der Waals surface area contributed by atoms with Gasteiger partial charge in [0, 0.05) is 38.2 Å². The number of nitrogens with two attached hydrogens (primary N) is 1. The summed E-state index contributed by atoms with van der Waals surface area (Å²) in [6.07, 6.45) is 19.5. The fraction of sp³-hybridized carbons (Fsp3) is 0.676. The van der Waals surface area contributed by atoms with Crippen molar-refractivity contribution in [3.8, 4) is 12.5 Å². The molecule has 0 aliphatic heterocycles. The lowest BCUT2D eigenvalue weighted by Gasteiger charge is -2.21. The minimum Gasteiger partial charge on any atom is -0.469 e. The predicted octanol–water partition coefficient (Wildman–Crippen LogP) is 8.55. The van der Waals surface area contributed by atoms with Gasteiger partial charge in [0.1, 0.15) is 17.9 Å². The molecule has 0 aliphatic carbocycles. The number of aryl methyl sites for hydroxylation is 2. The Labute approximate surface area is 302 Å². The van der Waals surface area contributed by atoms with Gasteiger partial charge in [-0.2, -0.15) is 5.10 Å². The molecular weight excluding hydrogens is 655 g/mol. The number of unbranched alkanes of at least 4 members (excludes halogenated alkanes) is 11. The lowest BCUT2D eigenvalue weighted by atomic mass is 10.1. The Hall–Kier alpha value is -2.91. The summed E-state index contributed by atoms with van der Waals surface area (Å²) in [6, 6.07) is 7.64. The molecule has 0 bridgehead atoms. The van der Waals surface area contributed by atoms with E-state index in [0.29, 0.717) is 37.8 Å². The standard InChI is InChI=1S/C34H56N5O6P.C2H6.CHN/c1-4-5-6-7-8-9-10-11-12-13-14-15-22-42-24-31(45-33-21-16-28(2)23-36-33)26-44-46(40)43-25-30(41-3)19-17-29-18-20-32-34(35)37-27-38-39(29)32;2*1-2/h16,18,20-21,23,27,30-31,40H,4-15,17,19,22,24-26H2,1-3H3,(H2,35,37,38);1-2H3;1H. The van der Waals surface area contributed by atoms with E-state index in [1.807, 2.05) is 45.0 Å². The molecule has 12 nitrogen and oxygen atoms in total. The fourth-order valence-electron chi connectivity index (χ4n) is 5.18. The molecule has 50 heavy (non-hydrogen) atoms.